The van der Waals surface area contributed by atoms with Crippen molar-refractivity contribution >= 4 is 39.1 Å². The lowest BCUT2D eigenvalue weighted by atomic mass is 10.1. The van der Waals surface area contributed by atoms with Crippen LogP contribution in [0.25, 0.3) is 0 Å². The predicted molar refractivity (Wildman–Crippen MR) is 149 cm³/mol. The van der Waals surface area contributed by atoms with Crippen molar-refractivity contribution in [2.24, 2.45) is 0 Å². The van der Waals surface area contributed by atoms with E-state index >= 15 is 0 Å². The fraction of sp³-hybridized carbons (Fsp3) is 0.286. The number of halogens is 1. The summed E-state index contributed by atoms with van der Waals surface area (Å²) in [5.74, 6) is -0.231. The number of methoxy groups -OCH3 is 1. The molecule has 0 heterocycles. The smallest absolute Gasteiger partial charge is 0.264 e. The first kappa shape index (κ1) is 29.0. The zero-order valence-corrected chi connectivity index (χ0v) is 23.2. The molecule has 0 aromatic heterocycles. The van der Waals surface area contributed by atoms with Gasteiger partial charge in [0, 0.05) is 18.1 Å². The summed E-state index contributed by atoms with van der Waals surface area (Å²) in [7, 11) is -2.57. The van der Waals surface area contributed by atoms with Gasteiger partial charge in [-0.1, -0.05) is 48.9 Å². The monoisotopic (exact) mass is 557 g/mol. The average molecular weight is 558 g/mol. The number of nitrogens with zero attached hydrogens (tertiary/aromatic N) is 2. The van der Waals surface area contributed by atoms with Crippen molar-refractivity contribution in [1.82, 2.24) is 10.2 Å². The number of amides is 2. The highest BCUT2D eigenvalue weighted by molar-refractivity contribution is 7.92. The quantitative estimate of drug-likeness (QED) is 0.354. The van der Waals surface area contributed by atoms with Crippen LogP contribution < -0.4 is 14.4 Å². The fourth-order valence-corrected chi connectivity index (χ4v) is 5.60. The number of benzene rings is 3. The summed E-state index contributed by atoms with van der Waals surface area (Å²) >= 11 is 6.05. The van der Waals surface area contributed by atoms with Crippen molar-refractivity contribution in [3.63, 3.8) is 0 Å². The Morgan fingerprint density at radius 2 is 1.66 bits per heavy atom. The van der Waals surface area contributed by atoms with Gasteiger partial charge in [0.15, 0.2) is 0 Å². The van der Waals surface area contributed by atoms with Gasteiger partial charge in [-0.25, -0.2) is 8.42 Å². The van der Waals surface area contributed by atoms with E-state index in [0.29, 0.717) is 23.7 Å². The minimum Gasteiger partial charge on any atom is -0.497 e. The van der Waals surface area contributed by atoms with Gasteiger partial charge in [0.2, 0.25) is 11.8 Å². The van der Waals surface area contributed by atoms with E-state index in [-0.39, 0.29) is 23.0 Å². The molecule has 10 heteroatoms. The number of nitrogens with one attached hydrogen (secondary N) is 1. The second kappa shape index (κ2) is 13.3. The minimum absolute atomic E-state index is 0.0397. The first-order chi connectivity index (χ1) is 18.2. The van der Waals surface area contributed by atoms with Gasteiger partial charge in [0.1, 0.15) is 18.3 Å². The molecule has 0 saturated heterocycles. The Hall–Kier alpha value is -3.56. The first-order valence-electron chi connectivity index (χ1n) is 12.2. The maximum Gasteiger partial charge on any atom is 0.264 e. The summed E-state index contributed by atoms with van der Waals surface area (Å²) in [6.07, 6.45) is 0.341. The molecule has 1 atom stereocenters. The standard InChI is InChI=1S/C28H32ClN3O5S/c1-4-26(28(34)30-5-2)31(19-21-10-9-11-24(18-21)37-3)27(33)20-32(23-16-14-22(29)15-17-23)38(35,36)25-12-7-6-8-13-25/h6-18,26H,4-5,19-20H2,1-3H3,(H,30,34)/t26-/m0/s1. The topological polar surface area (TPSA) is 96.0 Å². The highest BCUT2D eigenvalue weighted by atomic mass is 35.5. The Kier molecular flexibility index (Phi) is 10.2. The van der Waals surface area contributed by atoms with E-state index in [1.807, 2.05) is 13.0 Å². The van der Waals surface area contributed by atoms with Crippen molar-refractivity contribution in [2.45, 2.75) is 37.8 Å². The number of ether oxygens (including phenoxy) is 1. The SMILES string of the molecule is CCNC(=O)[C@H](CC)N(Cc1cccc(OC)c1)C(=O)CN(c1ccc(Cl)cc1)S(=O)(=O)c1ccccc1. The van der Waals surface area contributed by atoms with E-state index in [2.05, 4.69) is 5.32 Å². The number of carbonyl (C=O) groups is 2. The Balaban J connectivity index is 2.05. The van der Waals surface area contributed by atoms with Crippen LogP contribution in [0.4, 0.5) is 5.69 Å². The summed E-state index contributed by atoms with van der Waals surface area (Å²) in [4.78, 5) is 28.4. The lowest BCUT2D eigenvalue weighted by Crippen LogP contribution is -2.52. The van der Waals surface area contributed by atoms with Crippen molar-refractivity contribution in [3.05, 3.63) is 89.4 Å². The second-order valence-electron chi connectivity index (χ2n) is 8.49. The molecule has 0 fully saturated rings. The molecule has 202 valence electrons. The Bertz CT molecular complexity index is 1330. The number of rotatable bonds is 12. The Morgan fingerprint density at radius 1 is 0.974 bits per heavy atom. The molecule has 3 aromatic carbocycles. The zero-order chi connectivity index (χ0) is 27.7. The van der Waals surface area contributed by atoms with E-state index in [9.17, 15) is 18.0 Å². The van der Waals surface area contributed by atoms with Crippen molar-refractivity contribution < 1.29 is 22.7 Å². The van der Waals surface area contributed by atoms with Crippen molar-refractivity contribution in [2.75, 3.05) is 24.5 Å². The normalized spacial score (nSPS) is 11.9. The molecule has 1 N–H and O–H groups in total. The van der Waals surface area contributed by atoms with Crippen LogP contribution in [0.1, 0.15) is 25.8 Å². The molecular formula is C28H32ClN3O5S. The fourth-order valence-electron chi connectivity index (χ4n) is 4.03. The molecule has 8 nitrogen and oxygen atoms in total. The summed E-state index contributed by atoms with van der Waals surface area (Å²) in [5, 5.41) is 3.21. The summed E-state index contributed by atoms with van der Waals surface area (Å²) in [6.45, 7) is 3.58. The van der Waals surface area contributed by atoms with E-state index in [4.69, 9.17) is 16.3 Å². The van der Waals surface area contributed by atoms with Crippen LogP contribution in [0.15, 0.2) is 83.8 Å². The molecule has 0 spiro atoms. The summed E-state index contributed by atoms with van der Waals surface area (Å²) in [5.41, 5.74) is 1.02. The molecule has 3 aromatic rings. The molecule has 0 unspecified atom stereocenters. The first-order valence-corrected chi connectivity index (χ1v) is 14.1. The lowest BCUT2D eigenvalue weighted by Gasteiger charge is -2.33. The van der Waals surface area contributed by atoms with Gasteiger partial charge >= 0.3 is 0 Å². The van der Waals surface area contributed by atoms with Gasteiger partial charge in [-0.15, -0.1) is 0 Å². The molecule has 0 aliphatic rings. The number of hydrogen-bond donors (Lipinski definition) is 1. The molecule has 38 heavy (non-hydrogen) atoms. The Morgan fingerprint density at radius 3 is 2.26 bits per heavy atom. The van der Waals surface area contributed by atoms with E-state index in [1.54, 1.807) is 74.7 Å². The van der Waals surface area contributed by atoms with Crippen molar-refractivity contribution in [1.29, 1.82) is 0 Å². The third-order valence-electron chi connectivity index (χ3n) is 5.95. The number of carbonyl (C=O) groups excluding carboxylic acids is 2. The summed E-state index contributed by atoms with van der Waals surface area (Å²) < 4.78 is 33.8. The second-order valence-corrected chi connectivity index (χ2v) is 10.8. The highest BCUT2D eigenvalue weighted by Crippen LogP contribution is 2.26. The number of anilines is 1. The largest absolute Gasteiger partial charge is 0.497 e. The van der Waals surface area contributed by atoms with Crippen LogP contribution in [-0.4, -0.2) is 51.4 Å². The van der Waals surface area contributed by atoms with Crippen LogP contribution in [0, 0.1) is 0 Å². The maximum atomic E-state index is 13.9. The Labute approximate surface area is 229 Å². The third-order valence-corrected chi connectivity index (χ3v) is 7.99. The minimum atomic E-state index is -4.12. The van der Waals surface area contributed by atoms with Crippen LogP contribution in [-0.2, 0) is 26.2 Å². The number of likely N-dealkylation sites (N-methyl/N-ethyl adjacent to an activating group) is 1. The average Bonchev–Trinajstić information content (AvgIpc) is 2.92. The van der Waals surface area contributed by atoms with Gasteiger partial charge < -0.3 is 15.0 Å². The third kappa shape index (κ3) is 7.05. The van der Waals surface area contributed by atoms with Gasteiger partial charge in [-0.2, -0.15) is 0 Å². The molecule has 3 rings (SSSR count). The molecule has 0 saturated carbocycles. The molecule has 0 radical (unpaired) electrons. The predicted octanol–water partition coefficient (Wildman–Crippen LogP) is 4.49. The van der Waals surface area contributed by atoms with Crippen LogP contribution in [0.2, 0.25) is 5.02 Å². The maximum absolute atomic E-state index is 13.9. The lowest BCUT2D eigenvalue weighted by molar-refractivity contribution is -0.140. The molecule has 0 aliphatic heterocycles. The zero-order valence-electron chi connectivity index (χ0n) is 21.6. The summed E-state index contributed by atoms with van der Waals surface area (Å²) in [6, 6.07) is 20.5. The molecule has 2 amide bonds. The number of hydrogen-bond acceptors (Lipinski definition) is 5. The highest BCUT2D eigenvalue weighted by Gasteiger charge is 2.33. The van der Waals surface area contributed by atoms with Crippen LogP contribution >= 0.6 is 11.6 Å². The van der Waals surface area contributed by atoms with E-state index in [0.717, 1.165) is 9.87 Å². The van der Waals surface area contributed by atoms with Gasteiger partial charge in [-0.05, 0) is 67.4 Å². The number of sulfonamides is 1. The van der Waals surface area contributed by atoms with Gasteiger partial charge in [0.25, 0.3) is 10.0 Å². The molecule has 0 bridgehead atoms. The van der Waals surface area contributed by atoms with Gasteiger partial charge in [0.05, 0.1) is 17.7 Å². The molecule has 0 aliphatic carbocycles. The van der Waals surface area contributed by atoms with Crippen LogP contribution in [0.5, 0.6) is 5.75 Å². The van der Waals surface area contributed by atoms with E-state index in [1.165, 1.54) is 17.0 Å². The van der Waals surface area contributed by atoms with E-state index < -0.39 is 28.5 Å². The van der Waals surface area contributed by atoms with Crippen LogP contribution in [0.3, 0.4) is 0 Å². The van der Waals surface area contributed by atoms with Crippen molar-refractivity contribution in [3.8, 4) is 5.75 Å². The van der Waals surface area contributed by atoms with Gasteiger partial charge in [-0.3, -0.25) is 13.9 Å². The molecular weight excluding hydrogens is 526 g/mol.